The Morgan fingerprint density at radius 1 is 1.55 bits per heavy atom. The van der Waals surface area contributed by atoms with Crippen LogP contribution in [0.15, 0.2) is 16.9 Å². The predicted molar refractivity (Wildman–Crippen MR) is 76.6 cm³/mol. The van der Waals surface area contributed by atoms with Gasteiger partial charge in [0.05, 0.1) is 15.7 Å². The van der Waals surface area contributed by atoms with Gasteiger partial charge in [-0.15, -0.1) is 0 Å². The molecule has 2 heterocycles. The lowest BCUT2D eigenvalue weighted by atomic mass is 10.3. The highest BCUT2D eigenvalue weighted by molar-refractivity contribution is 14.1. The SMILES string of the molecule is CCOC(=O)c1nc2c(I)cc(C(F)(F)F)cn2c1Br. The maximum atomic E-state index is 12.8. The standard InChI is InChI=1S/C11H7BrF3IN2O2/c1-2-20-10(19)7-8(12)18-4-5(11(13,14)15)3-6(16)9(18)17-7/h3-4H,2H2,1H3. The summed E-state index contributed by atoms with van der Waals surface area (Å²) in [5, 5.41) is 0. The third-order valence-corrected chi connectivity index (χ3v) is 3.96. The molecule has 0 fully saturated rings. The van der Waals surface area contributed by atoms with Crippen LogP contribution in [-0.2, 0) is 10.9 Å². The number of carbonyl (C=O) groups excluding carboxylic acids is 1. The fourth-order valence-corrected chi connectivity index (χ4v) is 2.80. The van der Waals surface area contributed by atoms with E-state index in [0.717, 1.165) is 12.3 Å². The van der Waals surface area contributed by atoms with E-state index in [2.05, 4.69) is 20.9 Å². The van der Waals surface area contributed by atoms with Crippen LogP contribution in [-0.4, -0.2) is 22.0 Å². The van der Waals surface area contributed by atoms with Gasteiger partial charge in [-0.1, -0.05) is 0 Å². The van der Waals surface area contributed by atoms with Crippen molar-refractivity contribution in [3.8, 4) is 0 Å². The largest absolute Gasteiger partial charge is 0.461 e. The first-order chi connectivity index (χ1) is 9.25. The maximum Gasteiger partial charge on any atom is 0.417 e. The van der Waals surface area contributed by atoms with Gasteiger partial charge in [-0.25, -0.2) is 9.78 Å². The van der Waals surface area contributed by atoms with Crippen LogP contribution < -0.4 is 0 Å². The number of imidazole rings is 1. The molecule has 0 unspecified atom stereocenters. The van der Waals surface area contributed by atoms with E-state index in [-0.39, 0.29) is 26.1 Å². The highest BCUT2D eigenvalue weighted by Crippen LogP contribution is 2.33. The number of ether oxygens (including phenoxy) is 1. The third kappa shape index (κ3) is 2.78. The van der Waals surface area contributed by atoms with Gasteiger partial charge < -0.3 is 4.74 Å². The molecule has 0 aliphatic heterocycles. The highest BCUT2D eigenvalue weighted by atomic mass is 127. The Morgan fingerprint density at radius 3 is 2.75 bits per heavy atom. The van der Waals surface area contributed by atoms with Crippen molar-refractivity contribution in [3.63, 3.8) is 0 Å². The lowest BCUT2D eigenvalue weighted by molar-refractivity contribution is -0.137. The van der Waals surface area contributed by atoms with Crippen LogP contribution in [0.2, 0.25) is 0 Å². The van der Waals surface area contributed by atoms with E-state index in [4.69, 9.17) is 4.74 Å². The summed E-state index contributed by atoms with van der Waals surface area (Å²) in [5.41, 5.74) is -0.611. The number of esters is 1. The quantitative estimate of drug-likeness (QED) is 0.502. The molecule has 108 valence electrons. The lowest BCUT2D eigenvalue weighted by Gasteiger charge is -2.08. The molecule has 0 aliphatic rings. The van der Waals surface area contributed by atoms with Gasteiger partial charge in [0.1, 0.15) is 4.60 Å². The van der Waals surface area contributed by atoms with E-state index in [1.165, 1.54) is 4.40 Å². The zero-order chi connectivity index (χ0) is 15.1. The zero-order valence-corrected chi connectivity index (χ0v) is 13.7. The fourth-order valence-electron chi connectivity index (χ4n) is 1.56. The van der Waals surface area contributed by atoms with Crippen LogP contribution in [0, 0.1) is 3.57 Å². The summed E-state index contributed by atoms with van der Waals surface area (Å²) in [6.07, 6.45) is -3.58. The Balaban J connectivity index is 2.66. The molecule has 0 radical (unpaired) electrons. The van der Waals surface area contributed by atoms with Gasteiger partial charge in [0.2, 0.25) is 0 Å². The number of hydrogen-bond donors (Lipinski definition) is 0. The molecule has 2 rings (SSSR count). The Kier molecular flexibility index (Phi) is 4.28. The van der Waals surface area contributed by atoms with Crippen LogP contribution in [0.1, 0.15) is 23.0 Å². The van der Waals surface area contributed by atoms with Gasteiger partial charge in [-0.2, -0.15) is 13.2 Å². The maximum absolute atomic E-state index is 12.8. The summed E-state index contributed by atoms with van der Waals surface area (Å²) < 4.78 is 44.7. The Hall–Kier alpha value is -0.840. The smallest absolute Gasteiger partial charge is 0.417 e. The second kappa shape index (κ2) is 5.51. The number of pyridine rings is 1. The second-order valence-corrected chi connectivity index (χ2v) is 5.65. The van der Waals surface area contributed by atoms with E-state index in [9.17, 15) is 18.0 Å². The number of nitrogens with zero attached hydrogens (tertiary/aromatic N) is 2. The minimum absolute atomic E-state index is 0.0518. The summed E-state index contributed by atoms with van der Waals surface area (Å²) in [6, 6.07) is 0.976. The van der Waals surface area contributed by atoms with E-state index in [1.807, 2.05) is 0 Å². The molecule has 0 aromatic carbocycles. The van der Waals surface area contributed by atoms with Crippen LogP contribution in [0.3, 0.4) is 0 Å². The first kappa shape index (κ1) is 15.5. The number of carbonyl (C=O) groups is 1. The molecule has 0 saturated carbocycles. The summed E-state index contributed by atoms with van der Waals surface area (Å²) >= 11 is 4.83. The van der Waals surface area contributed by atoms with Gasteiger partial charge >= 0.3 is 12.1 Å². The van der Waals surface area contributed by atoms with Crippen molar-refractivity contribution in [2.45, 2.75) is 13.1 Å². The minimum atomic E-state index is -4.47. The molecule has 20 heavy (non-hydrogen) atoms. The molecule has 2 aromatic heterocycles. The molecule has 4 nitrogen and oxygen atoms in total. The number of halogens is 5. The average molecular weight is 463 g/mol. The lowest BCUT2D eigenvalue weighted by Crippen LogP contribution is -2.07. The Labute approximate surface area is 133 Å². The molecule has 0 bridgehead atoms. The third-order valence-electron chi connectivity index (χ3n) is 2.41. The van der Waals surface area contributed by atoms with Gasteiger partial charge in [0, 0.05) is 6.20 Å². The van der Waals surface area contributed by atoms with Crippen LogP contribution in [0.25, 0.3) is 5.65 Å². The molecule has 0 saturated heterocycles. The summed E-state index contributed by atoms with van der Waals surface area (Å²) in [7, 11) is 0. The first-order valence-electron chi connectivity index (χ1n) is 5.37. The highest BCUT2D eigenvalue weighted by Gasteiger charge is 2.32. The zero-order valence-electron chi connectivity index (χ0n) is 9.96. The molecular weight excluding hydrogens is 456 g/mol. The number of hydrogen-bond acceptors (Lipinski definition) is 3. The van der Waals surface area contributed by atoms with E-state index in [1.54, 1.807) is 29.5 Å². The second-order valence-electron chi connectivity index (χ2n) is 3.74. The number of alkyl halides is 3. The van der Waals surface area contributed by atoms with Crippen molar-refractivity contribution < 1.29 is 22.7 Å². The van der Waals surface area contributed by atoms with Gasteiger partial charge in [-0.3, -0.25) is 4.40 Å². The van der Waals surface area contributed by atoms with Gasteiger partial charge in [-0.05, 0) is 51.5 Å². The van der Waals surface area contributed by atoms with E-state index >= 15 is 0 Å². The predicted octanol–water partition coefficient (Wildman–Crippen LogP) is 3.90. The Morgan fingerprint density at radius 2 is 2.20 bits per heavy atom. The van der Waals surface area contributed by atoms with Crippen molar-refractivity contribution in [3.05, 3.63) is 31.7 Å². The van der Waals surface area contributed by atoms with Crippen LogP contribution in [0.4, 0.5) is 13.2 Å². The van der Waals surface area contributed by atoms with Crippen molar-refractivity contribution in [2.75, 3.05) is 6.61 Å². The Bertz CT molecular complexity index is 684. The molecule has 0 N–H and O–H groups in total. The average Bonchev–Trinajstić information content (AvgIpc) is 2.67. The molecule has 9 heteroatoms. The topological polar surface area (TPSA) is 43.6 Å². The fraction of sp³-hybridized carbons (Fsp3) is 0.273. The number of fused-ring (bicyclic) bond motifs is 1. The number of rotatable bonds is 2. The summed E-state index contributed by atoms with van der Waals surface area (Å²) in [5.74, 6) is -0.688. The summed E-state index contributed by atoms with van der Waals surface area (Å²) in [4.78, 5) is 15.7. The van der Waals surface area contributed by atoms with Crippen LogP contribution >= 0.6 is 38.5 Å². The minimum Gasteiger partial charge on any atom is -0.461 e. The molecule has 0 amide bonds. The summed E-state index contributed by atoms with van der Waals surface area (Å²) in [6.45, 7) is 1.79. The van der Waals surface area contributed by atoms with Crippen molar-refractivity contribution >= 4 is 50.1 Å². The van der Waals surface area contributed by atoms with Gasteiger partial charge in [0.25, 0.3) is 0 Å². The van der Waals surface area contributed by atoms with E-state index < -0.39 is 17.7 Å². The molecule has 2 aromatic rings. The van der Waals surface area contributed by atoms with E-state index in [0.29, 0.717) is 0 Å². The molecular formula is C11H7BrF3IN2O2. The van der Waals surface area contributed by atoms with Crippen molar-refractivity contribution in [1.82, 2.24) is 9.38 Å². The van der Waals surface area contributed by atoms with Gasteiger partial charge in [0.15, 0.2) is 11.3 Å². The van der Waals surface area contributed by atoms with Crippen LogP contribution in [0.5, 0.6) is 0 Å². The molecule has 0 atom stereocenters. The van der Waals surface area contributed by atoms with Crippen molar-refractivity contribution in [2.24, 2.45) is 0 Å². The van der Waals surface area contributed by atoms with Crippen molar-refractivity contribution in [1.29, 1.82) is 0 Å². The number of aromatic nitrogens is 2. The normalized spacial score (nSPS) is 11.9. The first-order valence-corrected chi connectivity index (χ1v) is 7.24. The monoisotopic (exact) mass is 462 g/mol. The molecule has 0 aliphatic carbocycles. The molecule has 0 spiro atoms.